The van der Waals surface area contributed by atoms with E-state index in [1.54, 1.807) is 19.1 Å². The molecule has 0 spiro atoms. The van der Waals surface area contributed by atoms with Crippen LogP contribution >= 0.6 is 11.9 Å². The van der Waals surface area contributed by atoms with E-state index in [9.17, 15) is 0 Å². The van der Waals surface area contributed by atoms with Crippen LogP contribution in [0.2, 0.25) is 0 Å². The average Bonchev–Trinajstić information content (AvgIpc) is 2.40. The lowest BCUT2D eigenvalue weighted by atomic mass is 10.2. The van der Waals surface area contributed by atoms with Gasteiger partial charge in [-0.3, -0.25) is 0 Å². The summed E-state index contributed by atoms with van der Waals surface area (Å²) in [6, 6.07) is 6.16. The van der Waals surface area contributed by atoms with Crippen LogP contribution in [0.1, 0.15) is 5.56 Å². The second-order valence-electron chi connectivity index (χ2n) is 3.81. The molecule has 1 fully saturated rings. The Balaban J connectivity index is 2.05. The first-order chi connectivity index (χ1) is 8.33. The van der Waals surface area contributed by atoms with Crippen molar-refractivity contribution in [2.45, 2.75) is 11.4 Å². The summed E-state index contributed by atoms with van der Waals surface area (Å²) in [6.07, 6.45) is 0. The molecule has 2 rings (SSSR count). The van der Waals surface area contributed by atoms with Crippen molar-refractivity contribution in [3.63, 3.8) is 0 Å². The lowest BCUT2D eigenvalue weighted by Gasteiger charge is -2.25. The molecular formula is C12H18N2O2S. The SMILES string of the molecule is COc1cc(SN2CCOCC2)ccc1CN. The Morgan fingerprint density at radius 3 is 2.82 bits per heavy atom. The molecule has 4 nitrogen and oxygen atoms in total. The van der Waals surface area contributed by atoms with E-state index in [1.165, 1.54) is 4.90 Å². The van der Waals surface area contributed by atoms with Gasteiger partial charge in [-0.25, -0.2) is 4.31 Å². The zero-order valence-electron chi connectivity index (χ0n) is 10.0. The van der Waals surface area contributed by atoms with Crippen molar-refractivity contribution in [1.82, 2.24) is 4.31 Å². The van der Waals surface area contributed by atoms with Crippen LogP contribution in [0.15, 0.2) is 23.1 Å². The van der Waals surface area contributed by atoms with Crippen LogP contribution in [0.25, 0.3) is 0 Å². The fourth-order valence-corrected chi connectivity index (χ4v) is 2.66. The Kier molecular flexibility index (Phi) is 4.67. The summed E-state index contributed by atoms with van der Waals surface area (Å²) in [6.45, 7) is 4.05. The fraction of sp³-hybridized carbons (Fsp3) is 0.500. The van der Waals surface area contributed by atoms with Crippen LogP contribution < -0.4 is 10.5 Å². The largest absolute Gasteiger partial charge is 0.496 e. The molecular weight excluding hydrogens is 236 g/mol. The maximum absolute atomic E-state index is 5.65. The molecule has 0 saturated carbocycles. The van der Waals surface area contributed by atoms with E-state index in [0.29, 0.717) is 6.54 Å². The van der Waals surface area contributed by atoms with E-state index in [-0.39, 0.29) is 0 Å². The summed E-state index contributed by atoms with van der Waals surface area (Å²) in [4.78, 5) is 1.18. The summed E-state index contributed by atoms with van der Waals surface area (Å²) in [5.74, 6) is 0.866. The molecule has 2 N–H and O–H groups in total. The maximum Gasteiger partial charge on any atom is 0.124 e. The highest BCUT2D eigenvalue weighted by molar-refractivity contribution is 7.97. The van der Waals surface area contributed by atoms with Gasteiger partial charge in [-0.1, -0.05) is 6.07 Å². The van der Waals surface area contributed by atoms with E-state index < -0.39 is 0 Å². The monoisotopic (exact) mass is 254 g/mol. The number of methoxy groups -OCH3 is 1. The lowest BCUT2D eigenvalue weighted by Crippen LogP contribution is -2.30. The quantitative estimate of drug-likeness (QED) is 0.825. The van der Waals surface area contributed by atoms with Crippen molar-refractivity contribution in [1.29, 1.82) is 0 Å². The molecule has 0 amide bonds. The number of hydrogen-bond acceptors (Lipinski definition) is 5. The molecule has 0 aromatic heterocycles. The molecule has 17 heavy (non-hydrogen) atoms. The van der Waals surface area contributed by atoms with Gasteiger partial charge in [-0.2, -0.15) is 0 Å². The van der Waals surface area contributed by atoms with Crippen molar-refractivity contribution < 1.29 is 9.47 Å². The van der Waals surface area contributed by atoms with Gasteiger partial charge >= 0.3 is 0 Å². The zero-order valence-corrected chi connectivity index (χ0v) is 10.8. The molecule has 5 heteroatoms. The Morgan fingerprint density at radius 1 is 1.41 bits per heavy atom. The standard InChI is InChI=1S/C12H18N2O2S/c1-15-12-8-11(3-2-10(12)9-13)17-14-4-6-16-7-5-14/h2-3,8H,4-7,9,13H2,1H3. The number of nitrogens with two attached hydrogens (primary N) is 1. The maximum atomic E-state index is 5.65. The highest BCUT2D eigenvalue weighted by Gasteiger charge is 2.12. The minimum atomic E-state index is 0.506. The second kappa shape index (κ2) is 6.26. The Morgan fingerprint density at radius 2 is 2.18 bits per heavy atom. The van der Waals surface area contributed by atoms with Crippen molar-refractivity contribution in [2.24, 2.45) is 5.73 Å². The Labute approximate surface area is 106 Å². The van der Waals surface area contributed by atoms with Crippen LogP contribution in [0.3, 0.4) is 0 Å². The highest BCUT2D eigenvalue weighted by atomic mass is 32.2. The predicted octanol–water partition coefficient (Wildman–Crippen LogP) is 1.49. The first-order valence-electron chi connectivity index (χ1n) is 5.71. The van der Waals surface area contributed by atoms with E-state index >= 15 is 0 Å². The van der Waals surface area contributed by atoms with Crippen LogP contribution in [0, 0.1) is 0 Å². The molecule has 1 aliphatic rings. The zero-order chi connectivity index (χ0) is 12.1. The van der Waals surface area contributed by atoms with Crippen LogP contribution in [-0.2, 0) is 11.3 Å². The summed E-state index contributed by atoms with van der Waals surface area (Å²) < 4.78 is 13.0. The van der Waals surface area contributed by atoms with Gasteiger partial charge in [0.2, 0.25) is 0 Å². The van der Waals surface area contributed by atoms with Crippen LogP contribution in [0.5, 0.6) is 5.75 Å². The number of rotatable bonds is 4. The van der Waals surface area contributed by atoms with Crippen molar-refractivity contribution >= 4 is 11.9 Å². The van der Waals surface area contributed by atoms with Gasteiger partial charge < -0.3 is 15.2 Å². The topological polar surface area (TPSA) is 47.7 Å². The summed E-state index contributed by atoms with van der Waals surface area (Å²) in [7, 11) is 1.68. The number of nitrogens with zero attached hydrogens (tertiary/aromatic N) is 1. The fourth-order valence-electron chi connectivity index (χ4n) is 1.74. The molecule has 0 bridgehead atoms. The van der Waals surface area contributed by atoms with E-state index in [4.69, 9.17) is 15.2 Å². The van der Waals surface area contributed by atoms with Gasteiger partial charge in [-0.05, 0) is 24.1 Å². The molecule has 0 unspecified atom stereocenters. The van der Waals surface area contributed by atoms with Crippen molar-refractivity contribution in [3.8, 4) is 5.75 Å². The molecule has 1 aliphatic heterocycles. The number of morpholine rings is 1. The van der Waals surface area contributed by atoms with Crippen LogP contribution in [0.4, 0.5) is 0 Å². The molecule has 0 aliphatic carbocycles. The smallest absolute Gasteiger partial charge is 0.124 e. The van der Waals surface area contributed by atoms with E-state index in [2.05, 4.69) is 10.4 Å². The summed E-state index contributed by atoms with van der Waals surface area (Å²) >= 11 is 1.75. The normalized spacial score (nSPS) is 17.1. The highest BCUT2D eigenvalue weighted by Crippen LogP contribution is 2.29. The van der Waals surface area contributed by atoms with E-state index in [1.807, 2.05) is 12.1 Å². The third-order valence-electron chi connectivity index (χ3n) is 2.68. The molecule has 1 aromatic rings. The summed E-state index contributed by atoms with van der Waals surface area (Å²) in [5, 5.41) is 0. The van der Waals surface area contributed by atoms with Gasteiger partial charge in [0, 0.05) is 30.1 Å². The molecule has 94 valence electrons. The van der Waals surface area contributed by atoms with E-state index in [0.717, 1.165) is 37.6 Å². The van der Waals surface area contributed by atoms with Gasteiger partial charge in [-0.15, -0.1) is 0 Å². The third-order valence-corrected chi connectivity index (χ3v) is 3.77. The predicted molar refractivity (Wildman–Crippen MR) is 69.1 cm³/mol. The number of benzene rings is 1. The summed E-state index contributed by atoms with van der Waals surface area (Å²) in [5.41, 5.74) is 6.69. The molecule has 0 atom stereocenters. The Hall–Kier alpha value is -0.750. The Bertz CT molecular complexity index is 368. The van der Waals surface area contributed by atoms with Gasteiger partial charge in [0.15, 0.2) is 0 Å². The van der Waals surface area contributed by atoms with Gasteiger partial charge in [0.1, 0.15) is 5.75 Å². The van der Waals surface area contributed by atoms with Crippen molar-refractivity contribution in [3.05, 3.63) is 23.8 Å². The molecule has 1 heterocycles. The minimum absolute atomic E-state index is 0.506. The van der Waals surface area contributed by atoms with Gasteiger partial charge in [0.05, 0.1) is 20.3 Å². The number of hydrogen-bond donors (Lipinski definition) is 1. The molecule has 1 saturated heterocycles. The second-order valence-corrected chi connectivity index (χ2v) is 4.98. The lowest BCUT2D eigenvalue weighted by molar-refractivity contribution is 0.0773. The number of ether oxygens (including phenoxy) is 2. The third kappa shape index (κ3) is 3.35. The first kappa shape index (κ1) is 12.7. The molecule has 0 radical (unpaired) electrons. The van der Waals surface area contributed by atoms with Crippen LogP contribution in [-0.4, -0.2) is 37.7 Å². The van der Waals surface area contributed by atoms with Crippen molar-refractivity contribution in [2.75, 3.05) is 33.4 Å². The first-order valence-corrected chi connectivity index (χ1v) is 6.48. The minimum Gasteiger partial charge on any atom is -0.496 e. The van der Waals surface area contributed by atoms with Gasteiger partial charge in [0.25, 0.3) is 0 Å². The molecule has 1 aromatic carbocycles. The average molecular weight is 254 g/mol.